The van der Waals surface area contributed by atoms with E-state index < -0.39 is 17.5 Å². The van der Waals surface area contributed by atoms with Crippen molar-refractivity contribution in [2.75, 3.05) is 0 Å². The third kappa shape index (κ3) is 3.13. The maximum atomic E-state index is 11.6. The number of hydrogen-bond acceptors (Lipinski definition) is 2. The van der Waals surface area contributed by atoms with Crippen molar-refractivity contribution in [2.24, 2.45) is 0 Å². The van der Waals surface area contributed by atoms with Gasteiger partial charge in [0.05, 0.1) is 0 Å². The van der Waals surface area contributed by atoms with Crippen LogP contribution in [-0.4, -0.2) is 28.7 Å². The first kappa shape index (κ1) is 13.4. The molecular formula is C12H18N2O3. The largest absolute Gasteiger partial charge is 0.480 e. The molecule has 5 nitrogen and oxygen atoms in total. The van der Waals surface area contributed by atoms with E-state index in [1.807, 2.05) is 6.92 Å². The van der Waals surface area contributed by atoms with Crippen LogP contribution in [0.3, 0.4) is 0 Å². The molecule has 1 fully saturated rings. The van der Waals surface area contributed by atoms with Crippen LogP contribution in [0.15, 0.2) is 0 Å². The summed E-state index contributed by atoms with van der Waals surface area (Å²) in [7, 11) is 0. The molecule has 1 aliphatic rings. The molecule has 1 rings (SSSR count). The van der Waals surface area contributed by atoms with Gasteiger partial charge < -0.3 is 15.7 Å². The quantitative estimate of drug-likeness (QED) is 0.627. The Bertz CT molecular complexity index is 342. The van der Waals surface area contributed by atoms with Crippen molar-refractivity contribution in [3.8, 4) is 12.3 Å². The number of rotatable bonds is 5. The predicted molar refractivity (Wildman–Crippen MR) is 63.4 cm³/mol. The topological polar surface area (TPSA) is 78.4 Å². The minimum absolute atomic E-state index is 0.106. The molecule has 1 atom stereocenters. The van der Waals surface area contributed by atoms with Crippen molar-refractivity contribution < 1.29 is 14.7 Å². The number of carboxylic acids is 1. The zero-order chi connectivity index (χ0) is 12.9. The first-order valence-electron chi connectivity index (χ1n) is 5.79. The average molecular weight is 238 g/mol. The Kier molecular flexibility index (Phi) is 4.38. The lowest BCUT2D eigenvalue weighted by molar-refractivity contribution is -0.148. The van der Waals surface area contributed by atoms with Crippen LogP contribution in [0, 0.1) is 12.3 Å². The average Bonchev–Trinajstić information content (AvgIpc) is 2.22. The molecule has 0 aliphatic heterocycles. The van der Waals surface area contributed by atoms with Crippen LogP contribution in [0.1, 0.15) is 39.0 Å². The van der Waals surface area contributed by atoms with E-state index >= 15 is 0 Å². The fraction of sp³-hybridized carbons (Fsp3) is 0.667. The Morgan fingerprint density at radius 2 is 2.18 bits per heavy atom. The smallest absolute Gasteiger partial charge is 0.329 e. The number of nitrogens with one attached hydrogen (secondary N) is 2. The number of carbonyl (C=O) groups is 2. The van der Waals surface area contributed by atoms with Crippen molar-refractivity contribution in [2.45, 2.75) is 50.6 Å². The van der Waals surface area contributed by atoms with E-state index in [9.17, 15) is 9.59 Å². The van der Waals surface area contributed by atoms with Gasteiger partial charge in [-0.05, 0) is 25.7 Å². The van der Waals surface area contributed by atoms with Gasteiger partial charge in [0.15, 0.2) is 0 Å². The van der Waals surface area contributed by atoms with Crippen molar-refractivity contribution >= 4 is 12.0 Å². The molecule has 0 bridgehead atoms. The number of urea groups is 1. The third-order valence-corrected chi connectivity index (χ3v) is 3.16. The molecule has 1 unspecified atom stereocenters. The molecule has 17 heavy (non-hydrogen) atoms. The van der Waals surface area contributed by atoms with Gasteiger partial charge in [-0.1, -0.05) is 6.92 Å². The highest BCUT2D eigenvalue weighted by atomic mass is 16.4. The zero-order valence-electron chi connectivity index (χ0n) is 9.95. The molecule has 3 N–H and O–H groups in total. The Morgan fingerprint density at radius 3 is 2.53 bits per heavy atom. The van der Waals surface area contributed by atoms with Crippen LogP contribution >= 0.6 is 0 Å². The summed E-state index contributed by atoms with van der Waals surface area (Å²) in [6.07, 6.45) is 8.15. The number of amides is 2. The summed E-state index contributed by atoms with van der Waals surface area (Å²) in [5, 5.41) is 14.3. The Morgan fingerprint density at radius 1 is 1.53 bits per heavy atom. The van der Waals surface area contributed by atoms with E-state index in [-0.39, 0.29) is 6.04 Å². The van der Waals surface area contributed by atoms with Gasteiger partial charge in [0.2, 0.25) is 0 Å². The van der Waals surface area contributed by atoms with Gasteiger partial charge in [0, 0.05) is 12.5 Å². The van der Waals surface area contributed by atoms with Gasteiger partial charge in [0.1, 0.15) is 5.54 Å². The lowest BCUT2D eigenvalue weighted by atomic mass is 9.77. The summed E-state index contributed by atoms with van der Waals surface area (Å²) in [5.74, 6) is 1.51. The monoisotopic (exact) mass is 238 g/mol. The summed E-state index contributed by atoms with van der Waals surface area (Å²) in [6, 6.07) is -0.555. The number of carboxylic acid groups (broad SMARTS) is 1. The van der Waals surface area contributed by atoms with Crippen molar-refractivity contribution in [1.82, 2.24) is 10.6 Å². The summed E-state index contributed by atoms with van der Waals surface area (Å²) < 4.78 is 0. The van der Waals surface area contributed by atoms with Crippen LogP contribution < -0.4 is 10.6 Å². The van der Waals surface area contributed by atoms with Crippen molar-refractivity contribution in [1.29, 1.82) is 0 Å². The van der Waals surface area contributed by atoms with Crippen LogP contribution in [0.4, 0.5) is 4.79 Å². The van der Waals surface area contributed by atoms with Gasteiger partial charge in [-0.15, -0.1) is 12.3 Å². The van der Waals surface area contributed by atoms with E-state index in [0.717, 1.165) is 12.8 Å². The molecule has 0 aromatic rings. The molecule has 0 aromatic heterocycles. The SMILES string of the molecule is C#CCC(CC)NC(=O)NC1(C(=O)O)CCC1. The first-order valence-corrected chi connectivity index (χ1v) is 5.79. The lowest BCUT2D eigenvalue weighted by Crippen LogP contribution is -2.61. The molecular weight excluding hydrogens is 220 g/mol. The second-order valence-corrected chi connectivity index (χ2v) is 4.35. The summed E-state index contributed by atoms with van der Waals surface area (Å²) in [4.78, 5) is 22.7. The molecule has 2 amide bonds. The minimum Gasteiger partial charge on any atom is -0.480 e. The second-order valence-electron chi connectivity index (χ2n) is 4.35. The van der Waals surface area contributed by atoms with E-state index in [4.69, 9.17) is 11.5 Å². The highest BCUT2D eigenvalue weighted by Crippen LogP contribution is 2.31. The van der Waals surface area contributed by atoms with Crippen LogP contribution in [-0.2, 0) is 4.79 Å². The van der Waals surface area contributed by atoms with Crippen LogP contribution in [0.25, 0.3) is 0 Å². The minimum atomic E-state index is -1.07. The molecule has 0 radical (unpaired) electrons. The highest BCUT2D eigenvalue weighted by molar-refractivity contribution is 5.87. The van der Waals surface area contributed by atoms with E-state index in [2.05, 4.69) is 16.6 Å². The standard InChI is InChI=1S/C12H18N2O3/c1-3-6-9(4-2)13-11(17)14-12(10(15)16)7-5-8-12/h1,9H,4-8H2,2H3,(H,15,16)(H2,13,14,17). The molecule has 5 heteroatoms. The fourth-order valence-electron chi connectivity index (χ4n) is 1.80. The number of hydrogen-bond donors (Lipinski definition) is 3. The van der Waals surface area contributed by atoms with Crippen molar-refractivity contribution in [3.05, 3.63) is 0 Å². The number of terminal acetylenes is 1. The molecule has 1 saturated carbocycles. The Balaban J connectivity index is 2.49. The highest BCUT2D eigenvalue weighted by Gasteiger charge is 2.45. The van der Waals surface area contributed by atoms with Gasteiger partial charge in [-0.3, -0.25) is 0 Å². The van der Waals surface area contributed by atoms with E-state index in [1.54, 1.807) is 0 Å². The first-order chi connectivity index (χ1) is 8.04. The molecule has 1 aliphatic carbocycles. The van der Waals surface area contributed by atoms with E-state index in [1.165, 1.54) is 0 Å². The van der Waals surface area contributed by atoms with E-state index in [0.29, 0.717) is 19.3 Å². The normalized spacial score (nSPS) is 18.4. The van der Waals surface area contributed by atoms with Gasteiger partial charge >= 0.3 is 12.0 Å². The second kappa shape index (κ2) is 5.58. The molecule has 0 saturated heterocycles. The van der Waals surface area contributed by atoms with Gasteiger partial charge in [-0.25, -0.2) is 9.59 Å². The fourth-order valence-corrected chi connectivity index (χ4v) is 1.80. The van der Waals surface area contributed by atoms with Gasteiger partial charge in [-0.2, -0.15) is 0 Å². The maximum Gasteiger partial charge on any atom is 0.329 e. The predicted octanol–water partition coefficient (Wildman–Crippen LogP) is 1.09. The van der Waals surface area contributed by atoms with Gasteiger partial charge in [0.25, 0.3) is 0 Å². The summed E-state index contributed by atoms with van der Waals surface area (Å²) >= 11 is 0. The molecule has 0 aromatic carbocycles. The Hall–Kier alpha value is -1.70. The molecule has 94 valence electrons. The van der Waals surface area contributed by atoms with Crippen LogP contribution in [0.5, 0.6) is 0 Å². The maximum absolute atomic E-state index is 11.6. The third-order valence-electron chi connectivity index (χ3n) is 3.16. The summed E-state index contributed by atoms with van der Waals surface area (Å²) in [5.41, 5.74) is -1.07. The van der Waals surface area contributed by atoms with Crippen molar-refractivity contribution in [3.63, 3.8) is 0 Å². The molecule has 0 heterocycles. The summed E-state index contributed by atoms with van der Waals surface area (Å²) in [6.45, 7) is 1.92. The zero-order valence-corrected chi connectivity index (χ0v) is 9.95. The number of carbonyl (C=O) groups excluding carboxylic acids is 1. The number of aliphatic carboxylic acids is 1. The Labute approximate surface area is 101 Å². The lowest BCUT2D eigenvalue weighted by Gasteiger charge is -2.38. The molecule has 0 spiro atoms. The van der Waals surface area contributed by atoms with Crippen LogP contribution in [0.2, 0.25) is 0 Å².